The van der Waals surface area contributed by atoms with Crippen molar-refractivity contribution in [2.24, 2.45) is 0 Å². The van der Waals surface area contributed by atoms with Crippen LogP contribution in [0.5, 0.6) is 0 Å². The van der Waals surface area contributed by atoms with Gasteiger partial charge in [-0.05, 0) is 23.0 Å². The molecule has 0 bridgehead atoms. The quantitative estimate of drug-likeness (QED) is 0.895. The molecule has 0 radical (unpaired) electrons. The van der Waals surface area contributed by atoms with E-state index in [1.54, 1.807) is 11.3 Å². The summed E-state index contributed by atoms with van der Waals surface area (Å²) in [4.78, 5) is 5.81. The lowest BCUT2D eigenvalue weighted by Crippen LogP contribution is -2.14. The second-order valence-electron chi connectivity index (χ2n) is 6.26. The van der Waals surface area contributed by atoms with E-state index in [2.05, 4.69) is 56.9 Å². The van der Waals surface area contributed by atoms with Crippen LogP contribution < -0.4 is 5.73 Å². The molecule has 0 fully saturated rings. The van der Waals surface area contributed by atoms with Crippen LogP contribution in [0.1, 0.15) is 55.8 Å². The number of aryl methyl sites for hydroxylation is 1. The van der Waals surface area contributed by atoms with Crippen LogP contribution in [0.2, 0.25) is 0 Å². The highest BCUT2D eigenvalue weighted by Gasteiger charge is 2.19. The number of benzene rings is 1. The van der Waals surface area contributed by atoms with Crippen molar-refractivity contribution in [3.8, 4) is 0 Å². The molecule has 2 rings (SSSR count). The highest BCUT2D eigenvalue weighted by atomic mass is 32.1. The van der Waals surface area contributed by atoms with Gasteiger partial charge in [-0.3, -0.25) is 0 Å². The molecule has 2 N–H and O–H groups in total. The van der Waals surface area contributed by atoms with E-state index in [0.717, 1.165) is 19.3 Å². The monoisotopic (exact) mass is 288 g/mol. The zero-order valence-electron chi connectivity index (χ0n) is 12.9. The van der Waals surface area contributed by atoms with Crippen molar-refractivity contribution in [1.29, 1.82) is 0 Å². The van der Waals surface area contributed by atoms with Crippen LogP contribution in [0.25, 0.3) is 0 Å². The Labute approximate surface area is 126 Å². The van der Waals surface area contributed by atoms with Crippen molar-refractivity contribution in [1.82, 2.24) is 4.98 Å². The largest absolute Gasteiger partial charge is 0.375 e. The van der Waals surface area contributed by atoms with Crippen LogP contribution in [-0.2, 0) is 18.3 Å². The molecule has 0 saturated carbocycles. The lowest BCUT2D eigenvalue weighted by atomic mass is 9.83. The van der Waals surface area contributed by atoms with Crippen LogP contribution in [-0.4, -0.2) is 4.98 Å². The number of nitrogen functional groups attached to an aromatic ring is 1. The third-order valence-corrected chi connectivity index (χ3v) is 4.38. The second-order valence-corrected chi connectivity index (χ2v) is 7.37. The molecule has 0 aliphatic heterocycles. The molecule has 1 aromatic heterocycles. The summed E-state index contributed by atoms with van der Waals surface area (Å²) in [5.74, 6) is 0. The maximum absolute atomic E-state index is 5.89. The number of nitrogens with zero attached hydrogens (tertiary/aromatic N) is 1. The zero-order chi connectivity index (χ0) is 14.8. The van der Waals surface area contributed by atoms with E-state index in [4.69, 9.17) is 5.73 Å². The molecule has 0 spiro atoms. The van der Waals surface area contributed by atoms with Gasteiger partial charge in [0, 0.05) is 11.3 Å². The van der Waals surface area contributed by atoms with Crippen molar-refractivity contribution in [2.75, 3.05) is 5.73 Å². The average molecular weight is 288 g/mol. The van der Waals surface area contributed by atoms with Gasteiger partial charge in [0.25, 0.3) is 0 Å². The summed E-state index contributed by atoms with van der Waals surface area (Å²) in [7, 11) is 0. The molecule has 3 heteroatoms. The van der Waals surface area contributed by atoms with Crippen LogP contribution in [0.4, 0.5) is 5.13 Å². The van der Waals surface area contributed by atoms with Crippen molar-refractivity contribution >= 4 is 16.5 Å². The molecule has 0 aliphatic rings. The minimum Gasteiger partial charge on any atom is -0.375 e. The number of rotatable bonds is 4. The van der Waals surface area contributed by atoms with Crippen molar-refractivity contribution < 1.29 is 0 Å². The highest BCUT2D eigenvalue weighted by Crippen LogP contribution is 2.30. The normalized spacial score (nSPS) is 11.8. The number of aromatic nitrogens is 1. The standard InChI is InChI=1S/C17H24N2S/c1-5-8-14-15(20-16(18)19-14)11-12-9-6-7-10-13(12)17(2,3)4/h6-7,9-10H,5,8,11H2,1-4H3,(H2,18,19). The molecular weight excluding hydrogens is 264 g/mol. The van der Waals surface area contributed by atoms with Crippen LogP contribution in [0, 0.1) is 0 Å². The van der Waals surface area contributed by atoms with E-state index in [-0.39, 0.29) is 5.41 Å². The molecule has 0 unspecified atom stereocenters. The van der Waals surface area contributed by atoms with E-state index in [9.17, 15) is 0 Å². The Morgan fingerprint density at radius 3 is 2.55 bits per heavy atom. The predicted molar refractivity (Wildman–Crippen MR) is 88.5 cm³/mol. The third kappa shape index (κ3) is 3.40. The SMILES string of the molecule is CCCc1nc(N)sc1Cc1ccccc1C(C)(C)C. The van der Waals surface area contributed by atoms with Crippen LogP contribution in [0.15, 0.2) is 24.3 Å². The minimum atomic E-state index is 0.164. The smallest absolute Gasteiger partial charge is 0.180 e. The topological polar surface area (TPSA) is 38.9 Å². The number of thiazole rings is 1. The number of hydrogen-bond donors (Lipinski definition) is 1. The van der Waals surface area contributed by atoms with Gasteiger partial charge in [0.15, 0.2) is 5.13 Å². The summed E-state index contributed by atoms with van der Waals surface area (Å²) in [6.07, 6.45) is 3.06. The van der Waals surface area contributed by atoms with Crippen molar-refractivity contribution in [2.45, 2.75) is 52.4 Å². The molecule has 0 aliphatic carbocycles. The Balaban J connectivity index is 2.35. The lowest BCUT2D eigenvalue weighted by molar-refractivity contribution is 0.584. The maximum atomic E-state index is 5.89. The summed E-state index contributed by atoms with van der Waals surface area (Å²) >= 11 is 1.64. The minimum absolute atomic E-state index is 0.164. The van der Waals surface area contributed by atoms with Crippen LogP contribution >= 0.6 is 11.3 Å². The Kier molecular flexibility index (Phi) is 4.48. The lowest BCUT2D eigenvalue weighted by Gasteiger charge is -2.22. The van der Waals surface area contributed by atoms with Gasteiger partial charge in [0.2, 0.25) is 0 Å². The third-order valence-electron chi connectivity index (χ3n) is 3.46. The summed E-state index contributed by atoms with van der Waals surface area (Å²) in [5, 5.41) is 0.691. The fraction of sp³-hybridized carbons (Fsp3) is 0.471. The molecule has 1 heterocycles. The van der Waals surface area contributed by atoms with Crippen molar-refractivity contribution in [3.63, 3.8) is 0 Å². The van der Waals surface area contributed by atoms with Gasteiger partial charge in [-0.1, -0.05) is 58.4 Å². The molecular formula is C17H24N2S. The number of anilines is 1. The molecule has 2 nitrogen and oxygen atoms in total. The Morgan fingerprint density at radius 1 is 1.20 bits per heavy atom. The molecule has 108 valence electrons. The summed E-state index contributed by atoms with van der Waals surface area (Å²) in [6.45, 7) is 8.97. The van der Waals surface area contributed by atoms with E-state index in [1.165, 1.54) is 21.7 Å². The van der Waals surface area contributed by atoms with E-state index in [1.807, 2.05) is 0 Å². The fourth-order valence-electron chi connectivity index (χ4n) is 2.55. The first-order valence-corrected chi connectivity index (χ1v) is 8.06. The summed E-state index contributed by atoms with van der Waals surface area (Å²) in [5.41, 5.74) is 10.0. The molecule has 2 aromatic rings. The number of hydrogen-bond acceptors (Lipinski definition) is 3. The summed E-state index contributed by atoms with van der Waals surface area (Å²) < 4.78 is 0. The molecule has 20 heavy (non-hydrogen) atoms. The van der Waals surface area contributed by atoms with Crippen molar-refractivity contribution in [3.05, 3.63) is 46.0 Å². The molecule has 0 amide bonds. The van der Waals surface area contributed by atoms with Gasteiger partial charge in [-0.2, -0.15) is 0 Å². The average Bonchev–Trinajstić information content (AvgIpc) is 2.69. The fourth-order valence-corrected chi connectivity index (χ4v) is 3.45. The van der Waals surface area contributed by atoms with E-state index >= 15 is 0 Å². The summed E-state index contributed by atoms with van der Waals surface area (Å²) in [6, 6.07) is 8.71. The Bertz CT molecular complexity index is 579. The second kappa shape index (κ2) is 5.96. The van der Waals surface area contributed by atoms with Crippen LogP contribution in [0.3, 0.4) is 0 Å². The zero-order valence-corrected chi connectivity index (χ0v) is 13.7. The van der Waals surface area contributed by atoms with Gasteiger partial charge >= 0.3 is 0 Å². The van der Waals surface area contributed by atoms with E-state index in [0.29, 0.717) is 5.13 Å². The first kappa shape index (κ1) is 15.0. The first-order valence-electron chi connectivity index (χ1n) is 7.24. The Hall–Kier alpha value is -1.35. The van der Waals surface area contributed by atoms with Gasteiger partial charge in [0.05, 0.1) is 5.69 Å². The van der Waals surface area contributed by atoms with Gasteiger partial charge in [-0.25, -0.2) is 4.98 Å². The number of nitrogens with two attached hydrogens (primary N) is 1. The van der Waals surface area contributed by atoms with Gasteiger partial charge < -0.3 is 5.73 Å². The van der Waals surface area contributed by atoms with Gasteiger partial charge in [0.1, 0.15) is 0 Å². The maximum Gasteiger partial charge on any atom is 0.180 e. The molecule has 0 atom stereocenters. The molecule has 0 saturated heterocycles. The first-order chi connectivity index (χ1) is 9.41. The van der Waals surface area contributed by atoms with Gasteiger partial charge in [-0.15, -0.1) is 11.3 Å². The Morgan fingerprint density at radius 2 is 1.90 bits per heavy atom. The molecule has 1 aromatic carbocycles. The highest BCUT2D eigenvalue weighted by molar-refractivity contribution is 7.15. The predicted octanol–water partition coefficient (Wildman–Crippen LogP) is 4.57. The van der Waals surface area contributed by atoms with E-state index < -0.39 is 0 Å².